The SMILES string of the molecule is CCCCCCCCNC(=O)c1coc(C2CCCN2Cc2cc(OC)ccc2CCC(=O)NS(=O)(=O)N(C)C)n1. The maximum atomic E-state index is 12.6. The van der Waals surface area contributed by atoms with Gasteiger partial charge in [-0.2, -0.15) is 12.7 Å². The number of benzene rings is 1. The number of aryl methyl sites for hydroxylation is 1. The van der Waals surface area contributed by atoms with Crippen LogP contribution in [0.5, 0.6) is 5.75 Å². The van der Waals surface area contributed by atoms with Gasteiger partial charge in [-0.3, -0.25) is 14.5 Å². The maximum absolute atomic E-state index is 12.6. The number of carbonyl (C=O) groups excluding carboxylic acids is 2. The number of hydrogen-bond donors (Lipinski definition) is 2. The molecule has 1 unspecified atom stereocenters. The van der Waals surface area contributed by atoms with Gasteiger partial charge in [0.15, 0.2) is 5.69 Å². The Kier molecular flexibility index (Phi) is 12.6. The largest absolute Gasteiger partial charge is 0.497 e. The fourth-order valence-electron chi connectivity index (χ4n) is 4.91. The Bertz CT molecular complexity index is 1250. The van der Waals surface area contributed by atoms with Gasteiger partial charge in [0.2, 0.25) is 11.8 Å². The monoisotopic (exact) mass is 591 g/mol. The number of unbranched alkanes of at least 4 members (excludes halogenated alkanes) is 5. The van der Waals surface area contributed by atoms with Crippen molar-refractivity contribution in [2.24, 2.45) is 0 Å². The van der Waals surface area contributed by atoms with Crippen molar-refractivity contribution in [2.45, 2.75) is 83.7 Å². The van der Waals surface area contributed by atoms with Gasteiger partial charge in [-0.05, 0) is 55.5 Å². The lowest BCUT2D eigenvalue weighted by Gasteiger charge is -2.24. The summed E-state index contributed by atoms with van der Waals surface area (Å²) in [6.45, 7) is 4.21. The van der Waals surface area contributed by atoms with Crippen LogP contribution in [-0.2, 0) is 28.0 Å². The first-order valence-electron chi connectivity index (χ1n) is 14.5. The molecule has 1 aromatic heterocycles. The van der Waals surface area contributed by atoms with E-state index >= 15 is 0 Å². The van der Waals surface area contributed by atoms with Gasteiger partial charge in [0.1, 0.15) is 12.0 Å². The van der Waals surface area contributed by atoms with Crippen molar-refractivity contribution in [2.75, 3.05) is 34.3 Å². The molecule has 2 amide bonds. The van der Waals surface area contributed by atoms with Gasteiger partial charge in [-0.15, -0.1) is 0 Å². The third-order valence-electron chi connectivity index (χ3n) is 7.35. The second-order valence-electron chi connectivity index (χ2n) is 10.7. The summed E-state index contributed by atoms with van der Waals surface area (Å²) in [6.07, 6.45) is 10.6. The van der Waals surface area contributed by atoms with Gasteiger partial charge in [-0.1, -0.05) is 45.1 Å². The Morgan fingerprint density at radius 1 is 1.15 bits per heavy atom. The first-order chi connectivity index (χ1) is 19.6. The van der Waals surface area contributed by atoms with Crippen LogP contribution in [0.15, 0.2) is 28.9 Å². The van der Waals surface area contributed by atoms with Crippen molar-refractivity contribution < 1.29 is 27.2 Å². The highest BCUT2D eigenvalue weighted by Crippen LogP contribution is 2.34. The van der Waals surface area contributed by atoms with Crippen molar-refractivity contribution in [3.8, 4) is 5.75 Å². The lowest BCUT2D eigenvalue weighted by Crippen LogP contribution is -2.39. The third-order valence-corrected chi connectivity index (χ3v) is 8.80. The van der Waals surface area contributed by atoms with E-state index in [-0.39, 0.29) is 18.4 Å². The molecule has 1 aromatic carbocycles. The van der Waals surface area contributed by atoms with Gasteiger partial charge in [0.25, 0.3) is 5.91 Å². The van der Waals surface area contributed by atoms with Crippen molar-refractivity contribution >= 4 is 22.0 Å². The normalized spacial score (nSPS) is 15.8. The lowest BCUT2D eigenvalue weighted by atomic mass is 10.0. The highest BCUT2D eigenvalue weighted by molar-refractivity contribution is 7.87. The van der Waals surface area contributed by atoms with Gasteiger partial charge in [-0.25, -0.2) is 9.71 Å². The Morgan fingerprint density at radius 2 is 1.90 bits per heavy atom. The van der Waals surface area contributed by atoms with Gasteiger partial charge < -0.3 is 14.5 Å². The van der Waals surface area contributed by atoms with E-state index in [9.17, 15) is 18.0 Å². The molecule has 12 heteroatoms. The molecule has 11 nitrogen and oxygen atoms in total. The van der Waals surface area contributed by atoms with E-state index in [0.29, 0.717) is 36.8 Å². The van der Waals surface area contributed by atoms with E-state index in [1.54, 1.807) is 7.11 Å². The van der Waals surface area contributed by atoms with E-state index in [1.807, 2.05) is 18.2 Å². The number of methoxy groups -OCH3 is 1. The molecule has 3 rings (SSSR count). The van der Waals surface area contributed by atoms with Crippen LogP contribution >= 0.6 is 0 Å². The fraction of sp³-hybridized carbons (Fsp3) is 0.621. The molecule has 1 aliphatic heterocycles. The molecule has 1 fully saturated rings. The number of rotatable bonds is 17. The Morgan fingerprint density at radius 3 is 2.63 bits per heavy atom. The molecule has 2 aromatic rings. The molecule has 228 valence electrons. The van der Waals surface area contributed by atoms with Crippen LogP contribution in [0, 0.1) is 0 Å². The van der Waals surface area contributed by atoms with Crippen molar-refractivity contribution in [1.29, 1.82) is 0 Å². The number of carbonyl (C=O) groups is 2. The molecule has 2 heterocycles. The Labute approximate surface area is 244 Å². The first kappa shape index (κ1) is 32.6. The second-order valence-corrected chi connectivity index (χ2v) is 12.6. The number of nitrogens with one attached hydrogen (secondary N) is 2. The average Bonchev–Trinajstić information content (AvgIpc) is 3.61. The summed E-state index contributed by atoms with van der Waals surface area (Å²) in [5.74, 6) is 0.425. The minimum absolute atomic E-state index is 0.0206. The van der Waals surface area contributed by atoms with Crippen molar-refractivity contribution in [1.82, 2.24) is 24.2 Å². The van der Waals surface area contributed by atoms with Crippen LogP contribution in [0.4, 0.5) is 0 Å². The summed E-state index contributed by atoms with van der Waals surface area (Å²) < 4.78 is 38.2. The molecule has 2 N–H and O–H groups in total. The third kappa shape index (κ3) is 9.82. The van der Waals surface area contributed by atoms with E-state index in [1.165, 1.54) is 46.0 Å². The zero-order valence-corrected chi connectivity index (χ0v) is 25.6. The van der Waals surface area contributed by atoms with E-state index in [0.717, 1.165) is 47.7 Å². The molecule has 0 spiro atoms. The Hall–Kier alpha value is -2.96. The number of hydrogen-bond acceptors (Lipinski definition) is 8. The van der Waals surface area contributed by atoms with Gasteiger partial charge >= 0.3 is 10.2 Å². The molecular weight excluding hydrogens is 546 g/mol. The minimum Gasteiger partial charge on any atom is -0.497 e. The predicted octanol–water partition coefficient (Wildman–Crippen LogP) is 3.97. The molecule has 1 aliphatic rings. The van der Waals surface area contributed by atoms with E-state index in [2.05, 4.69) is 26.8 Å². The number of oxazole rings is 1. The lowest BCUT2D eigenvalue weighted by molar-refractivity contribution is -0.119. The molecular formula is C29H45N5O6S. The first-order valence-corrected chi connectivity index (χ1v) is 15.9. The standard InChI is InChI=1S/C29H45N5O6S/c1-5-6-7-8-9-10-17-30-28(36)25-21-40-29(31-25)26-12-11-18-34(26)20-23-19-24(39-4)15-13-22(23)14-16-27(35)32-41(37,38)33(2)3/h13,15,19,21,26H,5-12,14,16-18,20H2,1-4H3,(H,30,36)(H,32,35). The summed E-state index contributed by atoms with van der Waals surface area (Å²) >= 11 is 0. The highest BCUT2D eigenvalue weighted by Gasteiger charge is 2.31. The van der Waals surface area contributed by atoms with Crippen LogP contribution in [0.3, 0.4) is 0 Å². The molecule has 0 aliphatic carbocycles. The smallest absolute Gasteiger partial charge is 0.303 e. The second kappa shape index (κ2) is 15.9. The number of ether oxygens (including phenoxy) is 1. The molecule has 41 heavy (non-hydrogen) atoms. The summed E-state index contributed by atoms with van der Waals surface area (Å²) in [7, 11) is 0.494. The topological polar surface area (TPSA) is 134 Å². The predicted molar refractivity (Wildman–Crippen MR) is 157 cm³/mol. The Balaban J connectivity index is 1.61. The number of nitrogens with zero attached hydrogens (tertiary/aromatic N) is 3. The van der Waals surface area contributed by atoms with E-state index < -0.39 is 16.1 Å². The fourth-order valence-corrected chi connectivity index (χ4v) is 5.48. The zero-order valence-electron chi connectivity index (χ0n) is 24.8. The number of likely N-dealkylation sites (tertiary alicyclic amines) is 1. The summed E-state index contributed by atoms with van der Waals surface area (Å²) in [6, 6.07) is 5.60. The van der Waals surface area contributed by atoms with Gasteiger partial charge in [0, 0.05) is 33.6 Å². The molecule has 1 atom stereocenters. The zero-order chi connectivity index (χ0) is 29.8. The van der Waals surface area contributed by atoms with Crippen LogP contribution in [0.25, 0.3) is 0 Å². The van der Waals surface area contributed by atoms with Crippen LogP contribution in [-0.4, -0.2) is 68.7 Å². The molecule has 0 saturated carbocycles. The average molecular weight is 592 g/mol. The van der Waals surface area contributed by atoms with Crippen LogP contribution in [0.2, 0.25) is 0 Å². The summed E-state index contributed by atoms with van der Waals surface area (Å²) in [5.41, 5.74) is 2.19. The van der Waals surface area contributed by atoms with Crippen LogP contribution in [0.1, 0.15) is 98.3 Å². The van der Waals surface area contributed by atoms with E-state index in [4.69, 9.17) is 9.15 Å². The van der Waals surface area contributed by atoms with Crippen molar-refractivity contribution in [3.63, 3.8) is 0 Å². The number of amides is 2. The summed E-state index contributed by atoms with van der Waals surface area (Å²) in [5, 5.41) is 2.95. The van der Waals surface area contributed by atoms with Gasteiger partial charge in [0.05, 0.1) is 13.2 Å². The van der Waals surface area contributed by atoms with Crippen molar-refractivity contribution in [3.05, 3.63) is 47.2 Å². The minimum atomic E-state index is -3.84. The highest BCUT2D eigenvalue weighted by atomic mass is 32.2. The maximum Gasteiger partial charge on any atom is 0.303 e. The van der Waals surface area contributed by atoms with Crippen LogP contribution < -0.4 is 14.8 Å². The molecule has 0 bridgehead atoms. The summed E-state index contributed by atoms with van der Waals surface area (Å²) in [4.78, 5) is 31.7. The molecule has 0 radical (unpaired) electrons. The molecule has 1 saturated heterocycles. The number of aromatic nitrogens is 1. The quantitative estimate of drug-likeness (QED) is 0.264.